The van der Waals surface area contributed by atoms with Crippen molar-refractivity contribution in [2.24, 2.45) is 5.92 Å². The molecule has 2 N–H and O–H groups in total. The number of thiophene rings is 1. The van der Waals surface area contributed by atoms with Gasteiger partial charge in [-0.2, -0.15) is 0 Å². The molecular weight excluding hydrogens is 210 g/mol. The van der Waals surface area contributed by atoms with E-state index in [1.165, 1.54) is 0 Å². The van der Waals surface area contributed by atoms with Crippen LogP contribution >= 0.6 is 11.3 Å². The van der Waals surface area contributed by atoms with Crippen molar-refractivity contribution in [3.63, 3.8) is 0 Å². The molecule has 4 heteroatoms. The van der Waals surface area contributed by atoms with Crippen LogP contribution in [0.2, 0.25) is 0 Å². The first-order chi connectivity index (χ1) is 7.22. The molecule has 1 rings (SSSR count). The predicted octanol–water partition coefficient (Wildman–Crippen LogP) is 1.43. The standard InChI is InChI=1S/C11H17NO2S/c1-9(4-5-13)8-12-11(14)7-10-3-2-6-15-10/h2-3,6,9,13H,4-5,7-8H2,1H3,(H,12,14). The van der Waals surface area contributed by atoms with Crippen LogP contribution in [0.1, 0.15) is 18.2 Å². The van der Waals surface area contributed by atoms with Crippen LogP contribution in [0, 0.1) is 5.92 Å². The molecule has 0 saturated carbocycles. The van der Waals surface area contributed by atoms with E-state index in [2.05, 4.69) is 5.32 Å². The minimum atomic E-state index is 0.0576. The number of rotatable bonds is 6. The van der Waals surface area contributed by atoms with E-state index in [1.54, 1.807) is 11.3 Å². The van der Waals surface area contributed by atoms with Crippen LogP contribution in [0.25, 0.3) is 0 Å². The average molecular weight is 227 g/mol. The molecular formula is C11H17NO2S. The summed E-state index contributed by atoms with van der Waals surface area (Å²) in [5, 5.41) is 13.5. The molecule has 0 aromatic carbocycles. The summed E-state index contributed by atoms with van der Waals surface area (Å²) in [5.41, 5.74) is 0. The molecule has 0 aliphatic carbocycles. The summed E-state index contributed by atoms with van der Waals surface area (Å²) in [5.74, 6) is 0.393. The highest BCUT2D eigenvalue weighted by Gasteiger charge is 2.06. The van der Waals surface area contributed by atoms with Gasteiger partial charge >= 0.3 is 0 Å². The van der Waals surface area contributed by atoms with Crippen molar-refractivity contribution in [1.82, 2.24) is 5.32 Å². The van der Waals surface area contributed by atoms with Crippen LogP contribution in [0.15, 0.2) is 17.5 Å². The van der Waals surface area contributed by atoms with Gasteiger partial charge in [0.2, 0.25) is 5.91 Å². The van der Waals surface area contributed by atoms with E-state index in [0.29, 0.717) is 18.9 Å². The number of nitrogens with one attached hydrogen (secondary N) is 1. The van der Waals surface area contributed by atoms with Gasteiger partial charge in [-0.15, -0.1) is 11.3 Å². The van der Waals surface area contributed by atoms with Crippen LogP contribution in [-0.2, 0) is 11.2 Å². The fourth-order valence-electron chi connectivity index (χ4n) is 1.24. The lowest BCUT2D eigenvalue weighted by atomic mass is 10.1. The van der Waals surface area contributed by atoms with Crippen molar-refractivity contribution in [1.29, 1.82) is 0 Å². The molecule has 0 aliphatic rings. The predicted molar refractivity (Wildman–Crippen MR) is 61.9 cm³/mol. The van der Waals surface area contributed by atoms with Crippen LogP contribution in [-0.4, -0.2) is 24.2 Å². The van der Waals surface area contributed by atoms with E-state index in [9.17, 15) is 4.79 Å². The van der Waals surface area contributed by atoms with Gasteiger partial charge in [0.15, 0.2) is 0 Å². The minimum Gasteiger partial charge on any atom is -0.396 e. The van der Waals surface area contributed by atoms with E-state index >= 15 is 0 Å². The van der Waals surface area contributed by atoms with E-state index in [1.807, 2.05) is 24.4 Å². The van der Waals surface area contributed by atoms with Gasteiger partial charge in [-0.1, -0.05) is 13.0 Å². The van der Waals surface area contributed by atoms with Crippen LogP contribution in [0.3, 0.4) is 0 Å². The van der Waals surface area contributed by atoms with Crippen molar-refractivity contribution in [2.75, 3.05) is 13.2 Å². The highest BCUT2D eigenvalue weighted by atomic mass is 32.1. The SMILES string of the molecule is CC(CCO)CNC(=O)Cc1cccs1. The van der Waals surface area contributed by atoms with Gasteiger partial charge in [0.1, 0.15) is 0 Å². The number of hydrogen-bond donors (Lipinski definition) is 2. The molecule has 0 saturated heterocycles. The van der Waals surface area contributed by atoms with Gasteiger partial charge in [0.25, 0.3) is 0 Å². The summed E-state index contributed by atoms with van der Waals surface area (Å²) in [6, 6.07) is 3.91. The zero-order chi connectivity index (χ0) is 11.1. The highest BCUT2D eigenvalue weighted by Crippen LogP contribution is 2.08. The van der Waals surface area contributed by atoms with Gasteiger partial charge in [-0.3, -0.25) is 4.79 Å². The molecule has 1 unspecified atom stereocenters. The Kier molecular flexibility index (Phi) is 5.36. The van der Waals surface area contributed by atoms with Gasteiger partial charge in [0.05, 0.1) is 6.42 Å². The molecule has 1 atom stereocenters. The first kappa shape index (κ1) is 12.2. The molecule has 15 heavy (non-hydrogen) atoms. The zero-order valence-corrected chi connectivity index (χ0v) is 9.72. The number of carbonyl (C=O) groups excluding carboxylic acids is 1. The number of carbonyl (C=O) groups is 1. The molecule has 1 heterocycles. The summed E-state index contributed by atoms with van der Waals surface area (Å²) in [7, 11) is 0. The van der Waals surface area contributed by atoms with E-state index in [-0.39, 0.29) is 12.5 Å². The van der Waals surface area contributed by atoms with E-state index < -0.39 is 0 Å². The average Bonchev–Trinajstić information content (AvgIpc) is 2.68. The first-order valence-electron chi connectivity index (χ1n) is 5.12. The molecule has 0 aliphatic heterocycles. The van der Waals surface area contributed by atoms with Gasteiger partial charge in [0, 0.05) is 18.0 Å². The minimum absolute atomic E-state index is 0.0576. The van der Waals surface area contributed by atoms with Crippen molar-refractivity contribution < 1.29 is 9.90 Å². The Morgan fingerprint density at radius 2 is 2.47 bits per heavy atom. The summed E-state index contributed by atoms with van der Waals surface area (Å²) >= 11 is 1.59. The summed E-state index contributed by atoms with van der Waals surface area (Å²) in [6.07, 6.45) is 1.20. The Labute approximate surface area is 94.1 Å². The highest BCUT2D eigenvalue weighted by molar-refractivity contribution is 7.10. The third-order valence-electron chi connectivity index (χ3n) is 2.18. The third kappa shape index (κ3) is 4.95. The van der Waals surface area contributed by atoms with Crippen molar-refractivity contribution in [3.8, 4) is 0 Å². The lowest BCUT2D eigenvalue weighted by molar-refractivity contribution is -0.120. The maximum atomic E-state index is 11.5. The Hall–Kier alpha value is -0.870. The second-order valence-corrected chi connectivity index (χ2v) is 4.71. The maximum absolute atomic E-state index is 11.5. The van der Waals surface area contributed by atoms with E-state index in [4.69, 9.17) is 5.11 Å². The van der Waals surface area contributed by atoms with Crippen molar-refractivity contribution >= 4 is 17.2 Å². The quantitative estimate of drug-likeness (QED) is 0.772. The lowest BCUT2D eigenvalue weighted by Gasteiger charge is -2.10. The van der Waals surface area contributed by atoms with Gasteiger partial charge in [-0.05, 0) is 23.8 Å². The fourth-order valence-corrected chi connectivity index (χ4v) is 1.95. The number of amides is 1. The molecule has 0 radical (unpaired) electrons. The Bertz CT molecular complexity index is 285. The van der Waals surface area contributed by atoms with Crippen LogP contribution in [0.4, 0.5) is 0 Å². The number of aliphatic hydroxyl groups is 1. The first-order valence-corrected chi connectivity index (χ1v) is 6.00. The molecule has 1 aromatic rings. The second kappa shape index (κ2) is 6.58. The Balaban J connectivity index is 2.19. The largest absolute Gasteiger partial charge is 0.396 e. The number of aliphatic hydroxyl groups excluding tert-OH is 1. The molecule has 0 spiro atoms. The molecule has 0 bridgehead atoms. The maximum Gasteiger partial charge on any atom is 0.225 e. The monoisotopic (exact) mass is 227 g/mol. The lowest BCUT2D eigenvalue weighted by Crippen LogP contribution is -2.29. The van der Waals surface area contributed by atoms with Gasteiger partial charge < -0.3 is 10.4 Å². The third-order valence-corrected chi connectivity index (χ3v) is 3.06. The van der Waals surface area contributed by atoms with Crippen LogP contribution in [0.5, 0.6) is 0 Å². The van der Waals surface area contributed by atoms with Crippen molar-refractivity contribution in [2.45, 2.75) is 19.8 Å². The van der Waals surface area contributed by atoms with E-state index in [0.717, 1.165) is 11.3 Å². The summed E-state index contributed by atoms with van der Waals surface area (Å²) in [6.45, 7) is 2.84. The van der Waals surface area contributed by atoms with Crippen molar-refractivity contribution in [3.05, 3.63) is 22.4 Å². The Morgan fingerprint density at radius 1 is 1.67 bits per heavy atom. The smallest absolute Gasteiger partial charge is 0.225 e. The second-order valence-electron chi connectivity index (χ2n) is 3.68. The summed E-state index contributed by atoms with van der Waals surface area (Å²) in [4.78, 5) is 12.5. The normalized spacial score (nSPS) is 12.4. The molecule has 3 nitrogen and oxygen atoms in total. The van der Waals surface area contributed by atoms with Gasteiger partial charge in [-0.25, -0.2) is 0 Å². The molecule has 1 aromatic heterocycles. The molecule has 0 fully saturated rings. The topological polar surface area (TPSA) is 49.3 Å². The number of hydrogen-bond acceptors (Lipinski definition) is 3. The molecule has 1 amide bonds. The molecule has 84 valence electrons. The zero-order valence-electron chi connectivity index (χ0n) is 8.90. The fraction of sp³-hybridized carbons (Fsp3) is 0.545. The Morgan fingerprint density at radius 3 is 3.07 bits per heavy atom. The van der Waals surface area contributed by atoms with Crippen LogP contribution < -0.4 is 5.32 Å². The summed E-state index contributed by atoms with van der Waals surface area (Å²) < 4.78 is 0.